The summed E-state index contributed by atoms with van der Waals surface area (Å²) in [5.41, 5.74) is 0.455. The number of hydrogen-bond acceptors (Lipinski definition) is 5. The molecule has 1 aromatic carbocycles. The van der Waals surface area contributed by atoms with Crippen LogP contribution in [-0.4, -0.2) is 37.5 Å². The number of hydrogen-bond donors (Lipinski definition) is 2. The molecule has 1 aromatic heterocycles. The summed E-state index contributed by atoms with van der Waals surface area (Å²) in [7, 11) is 0. The third-order valence-corrected chi connectivity index (χ3v) is 4.00. The number of thiophene rings is 1. The van der Waals surface area contributed by atoms with Crippen molar-refractivity contribution in [1.29, 1.82) is 0 Å². The van der Waals surface area contributed by atoms with Gasteiger partial charge < -0.3 is 15.4 Å². The Bertz CT molecular complexity index is 671. The maximum Gasteiger partial charge on any atom is 0.325 e. The molecule has 0 saturated heterocycles. The summed E-state index contributed by atoms with van der Waals surface area (Å²) in [6.07, 6.45) is 0.741. The average molecular weight is 346 g/mol. The lowest BCUT2D eigenvalue weighted by Crippen LogP contribution is -2.34. The zero-order valence-corrected chi connectivity index (χ0v) is 13.8. The predicted molar refractivity (Wildman–Crippen MR) is 90.8 cm³/mol. The molecule has 6 nitrogen and oxygen atoms in total. The van der Waals surface area contributed by atoms with Crippen LogP contribution in [0.5, 0.6) is 0 Å². The van der Waals surface area contributed by atoms with Gasteiger partial charge in [0.05, 0.1) is 0 Å². The molecule has 0 aliphatic rings. The minimum Gasteiger partial charge on any atom is -0.454 e. The van der Waals surface area contributed by atoms with Crippen molar-refractivity contribution in [1.82, 2.24) is 10.6 Å². The van der Waals surface area contributed by atoms with E-state index in [0.29, 0.717) is 12.1 Å². The van der Waals surface area contributed by atoms with Crippen LogP contribution in [0.4, 0.5) is 0 Å². The van der Waals surface area contributed by atoms with Crippen molar-refractivity contribution >= 4 is 29.1 Å². The van der Waals surface area contributed by atoms with Gasteiger partial charge in [0, 0.05) is 17.0 Å². The van der Waals surface area contributed by atoms with Gasteiger partial charge in [-0.05, 0) is 30.0 Å². The highest BCUT2D eigenvalue weighted by atomic mass is 32.1. The van der Waals surface area contributed by atoms with Crippen molar-refractivity contribution in [3.63, 3.8) is 0 Å². The van der Waals surface area contributed by atoms with E-state index >= 15 is 0 Å². The molecule has 7 heteroatoms. The van der Waals surface area contributed by atoms with Gasteiger partial charge in [-0.25, -0.2) is 0 Å². The summed E-state index contributed by atoms with van der Waals surface area (Å²) in [5.74, 6) is -1.39. The van der Waals surface area contributed by atoms with Crippen LogP contribution in [0.2, 0.25) is 0 Å². The quantitative estimate of drug-likeness (QED) is 0.707. The van der Waals surface area contributed by atoms with Gasteiger partial charge in [0.25, 0.3) is 11.8 Å². The van der Waals surface area contributed by atoms with Crippen LogP contribution >= 0.6 is 11.3 Å². The Morgan fingerprint density at radius 3 is 2.50 bits per heavy atom. The fraction of sp³-hybridized carbons (Fsp3) is 0.235. The lowest BCUT2D eigenvalue weighted by atomic mass is 10.2. The molecule has 0 fully saturated rings. The van der Waals surface area contributed by atoms with Crippen LogP contribution in [-0.2, 0) is 20.7 Å². The van der Waals surface area contributed by atoms with Crippen molar-refractivity contribution in [3.8, 4) is 0 Å². The highest BCUT2D eigenvalue weighted by molar-refractivity contribution is 7.09. The third-order valence-electron chi connectivity index (χ3n) is 3.07. The largest absolute Gasteiger partial charge is 0.454 e. The van der Waals surface area contributed by atoms with E-state index in [0.717, 1.165) is 6.42 Å². The SMILES string of the molecule is O=C(COC(=O)CNC(=O)c1ccccc1)NCCc1cccs1. The van der Waals surface area contributed by atoms with E-state index in [1.54, 1.807) is 41.7 Å². The number of amides is 2. The summed E-state index contributed by atoms with van der Waals surface area (Å²) in [6, 6.07) is 12.5. The molecule has 0 atom stereocenters. The second kappa shape index (κ2) is 9.46. The minimum atomic E-state index is -0.660. The third kappa shape index (κ3) is 6.21. The number of carbonyl (C=O) groups is 3. The zero-order valence-electron chi connectivity index (χ0n) is 13.0. The summed E-state index contributed by atoms with van der Waals surface area (Å²) in [6.45, 7) is -0.150. The molecular formula is C17H18N2O4S. The van der Waals surface area contributed by atoms with Gasteiger partial charge >= 0.3 is 5.97 Å². The molecule has 0 unspecified atom stereocenters. The Morgan fingerprint density at radius 1 is 1.00 bits per heavy atom. The first-order valence-electron chi connectivity index (χ1n) is 7.43. The van der Waals surface area contributed by atoms with Crippen molar-refractivity contribution in [2.45, 2.75) is 6.42 Å². The van der Waals surface area contributed by atoms with Gasteiger partial charge in [0.2, 0.25) is 0 Å². The summed E-state index contributed by atoms with van der Waals surface area (Å²) < 4.78 is 4.81. The number of nitrogens with one attached hydrogen (secondary N) is 2. The van der Waals surface area contributed by atoms with Crippen molar-refractivity contribution < 1.29 is 19.1 Å². The molecule has 2 rings (SSSR count). The van der Waals surface area contributed by atoms with E-state index in [2.05, 4.69) is 10.6 Å². The van der Waals surface area contributed by atoms with Crippen LogP contribution in [0.25, 0.3) is 0 Å². The molecule has 24 heavy (non-hydrogen) atoms. The Morgan fingerprint density at radius 2 is 1.79 bits per heavy atom. The first-order valence-corrected chi connectivity index (χ1v) is 8.31. The van der Waals surface area contributed by atoms with Crippen LogP contribution in [0.1, 0.15) is 15.2 Å². The van der Waals surface area contributed by atoms with Gasteiger partial charge in [0.1, 0.15) is 6.54 Å². The van der Waals surface area contributed by atoms with Crippen LogP contribution in [0.3, 0.4) is 0 Å². The monoisotopic (exact) mass is 346 g/mol. The average Bonchev–Trinajstić information content (AvgIpc) is 3.12. The van der Waals surface area contributed by atoms with Gasteiger partial charge in [-0.2, -0.15) is 0 Å². The first-order chi connectivity index (χ1) is 11.6. The first kappa shape index (κ1) is 17.7. The van der Waals surface area contributed by atoms with E-state index in [1.807, 2.05) is 17.5 Å². The molecule has 0 spiro atoms. The van der Waals surface area contributed by atoms with Gasteiger partial charge in [-0.15, -0.1) is 11.3 Å². The fourth-order valence-electron chi connectivity index (χ4n) is 1.87. The molecule has 1 heterocycles. The topological polar surface area (TPSA) is 84.5 Å². The lowest BCUT2D eigenvalue weighted by Gasteiger charge is -2.07. The molecule has 0 bridgehead atoms. The maximum absolute atomic E-state index is 11.7. The Balaban J connectivity index is 1.58. The molecule has 0 radical (unpaired) electrons. The second-order valence-corrected chi connectivity index (χ2v) is 5.92. The molecule has 2 aromatic rings. The van der Waals surface area contributed by atoms with Crippen molar-refractivity contribution in [2.75, 3.05) is 19.7 Å². The predicted octanol–water partition coefficient (Wildman–Crippen LogP) is 1.38. The summed E-state index contributed by atoms with van der Waals surface area (Å²) >= 11 is 1.62. The highest BCUT2D eigenvalue weighted by Gasteiger charge is 2.10. The normalized spacial score (nSPS) is 10.0. The maximum atomic E-state index is 11.7. The van der Waals surface area contributed by atoms with Crippen LogP contribution in [0.15, 0.2) is 47.8 Å². The Hall–Kier alpha value is -2.67. The summed E-state index contributed by atoms with van der Waals surface area (Å²) in [4.78, 5) is 36.0. The van der Waals surface area contributed by atoms with E-state index in [1.165, 1.54) is 4.88 Å². The molecule has 2 amide bonds. The Labute approximate surface area is 143 Å². The van der Waals surface area contributed by atoms with Crippen molar-refractivity contribution in [2.24, 2.45) is 0 Å². The van der Waals surface area contributed by atoms with E-state index < -0.39 is 5.97 Å². The minimum absolute atomic E-state index is 0.282. The molecule has 0 aliphatic heterocycles. The Kier molecular flexibility index (Phi) is 6.97. The van der Waals surface area contributed by atoms with Crippen molar-refractivity contribution in [3.05, 3.63) is 58.3 Å². The fourth-order valence-corrected chi connectivity index (χ4v) is 2.58. The van der Waals surface area contributed by atoms with Gasteiger partial charge in [-0.1, -0.05) is 24.3 Å². The number of ether oxygens (including phenoxy) is 1. The van der Waals surface area contributed by atoms with Crippen LogP contribution < -0.4 is 10.6 Å². The van der Waals surface area contributed by atoms with Gasteiger partial charge in [-0.3, -0.25) is 14.4 Å². The zero-order chi connectivity index (χ0) is 17.2. The molecule has 0 aliphatic carbocycles. The van der Waals surface area contributed by atoms with E-state index in [-0.39, 0.29) is 25.0 Å². The standard InChI is InChI=1S/C17H18N2O4S/c20-15(18-9-8-14-7-4-10-24-14)12-23-16(21)11-19-17(22)13-5-2-1-3-6-13/h1-7,10H,8-9,11-12H2,(H,18,20)(H,19,22). The molecular weight excluding hydrogens is 328 g/mol. The van der Waals surface area contributed by atoms with Crippen LogP contribution in [0, 0.1) is 0 Å². The highest BCUT2D eigenvalue weighted by Crippen LogP contribution is 2.07. The number of carbonyl (C=O) groups excluding carboxylic acids is 3. The number of esters is 1. The molecule has 2 N–H and O–H groups in total. The molecule has 0 saturated carbocycles. The second-order valence-electron chi connectivity index (χ2n) is 4.89. The number of benzene rings is 1. The smallest absolute Gasteiger partial charge is 0.325 e. The molecule has 126 valence electrons. The lowest BCUT2D eigenvalue weighted by molar-refractivity contribution is -0.147. The van der Waals surface area contributed by atoms with E-state index in [9.17, 15) is 14.4 Å². The number of rotatable bonds is 8. The summed E-state index contributed by atoms with van der Waals surface area (Å²) in [5, 5.41) is 7.09. The van der Waals surface area contributed by atoms with E-state index in [4.69, 9.17) is 4.74 Å². The van der Waals surface area contributed by atoms with Gasteiger partial charge in [0.15, 0.2) is 6.61 Å².